The number of rotatable bonds is 3. The number of carbonyl (C=O) groups is 1. The van der Waals surface area contributed by atoms with Gasteiger partial charge in [0.05, 0.1) is 8.07 Å². The van der Waals surface area contributed by atoms with Crippen LogP contribution in [0.15, 0.2) is 23.4 Å². The minimum atomic E-state index is -1.21. The molecule has 0 aromatic carbocycles. The maximum absolute atomic E-state index is 11.3. The summed E-state index contributed by atoms with van der Waals surface area (Å²) < 4.78 is 0. The molecule has 0 aliphatic carbocycles. The molecule has 12 heavy (non-hydrogen) atoms. The molecule has 68 valence electrons. The first-order chi connectivity index (χ1) is 5.37. The van der Waals surface area contributed by atoms with Gasteiger partial charge in [0, 0.05) is 0 Å². The lowest BCUT2D eigenvalue weighted by atomic mass is 10.2. The molecule has 0 saturated carbocycles. The SMILES string of the molecule is C/C=C(/C)C(=O)/C=C/[Si](C)(C)C. The fraction of sp³-hybridized carbons (Fsp3) is 0.500. The quantitative estimate of drug-likeness (QED) is 0.484. The summed E-state index contributed by atoms with van der Waals surface area (Å²) in [6.07, 6.45) is 3.55. The zero-order valence-corrected chi connectivity index (χ0v) is 9.64. The third-order valence-electron chi connectivity index (χ3n) is 1.56. The van der Waals surface area contributed by atoms with Crippen LogP contribution in [0.2, 0.25) is 19.6 Å². The molecule has 0 N–H and O–H groups in total. The van der Waals surface area contributed by atoms with Crippen molar-refractivity contribution in [1.29, 1.82) is 0 Å². The predicted molar refractivity (Wildman–Crippen MR) is 56.9 cm³/mol. The largest absolute Gasteiger partial charge is 0.290 e. The zero-order chi connectivity index (χ0) is 9.78. The second kappa shape index (κ2) is 4.41. The molecule has 0 heterocycles. The third-order valence-corrected chi connectivity index (χ3v) is 2.72. The van der Waals surface area contributed by atoms with Crippen molar-refractivity contribution in [3.05, 3.63) is 23.4 Å². The Morgan fingerprint density at radius 2 is 1.75 bits per heavy atom. The summed E-state index contributed by atoms with van der Waals surface area (Å²) in [5.74, 6) is 0.139. The zero-order valence-electron chi connectivity index (χ0n) is 8.64. The number of hydrogen-bond donors (Lipinski definition) is 0. The summed E-state index contributed by atoms with van der Waals surface area (Å²) in [6.45, 7) is 10.4. The maximum atomic E-state index is 11.3. The Bertz CT molecular complexity index is 218. The number of hydrogen-bond acceptors (Lipinski definition) is 1. The molecule has 2 heteroatoms. The summed E-state index contributed by atoms with van der Waals surface area (Å²) in [4.78, 5) is 11.3. The van der Waals surface area contributed by atoms with E-state index in [2.05, 4.69) is 25.3 Å². The fourth-order valence-electron chi connectivity index (χ4n) is 0.599. The molecule has 0 rings (SSSR count). The molecule has 0 radical (unpaired) electrons. The van der Waals surface area contributed by atoms with Crippen molar-refractivity contribution in [3.63, 3.8) is 0 Å². The van der Waals surface area contributed by atoms with E-state index in [0.717, 1.165) is 5.57 Å². The molecule has 0 fully saturated rings. The van der Waals surface area contributed by atoms with Crippen molar-refractivity contribution < 1.29 is 4.79 Å². The van der Waals surface area contributed by atoms with Crippen LogP contribution in [0.5, 0.6) is 0 Å². The van der Waals surface area contributed by atoms with Crippen molar-refractivity contribution >= 4 is 13.9 Å². The van der Waals surface area contributed by atoms with Crippen molar-refractivity contribution in [1.82, 2.24) is 0 Å². The van der Waals surface area contributed by atoms with Crippen LogP contribution >= 0.6 is 0 Å². The van der Waals surface area contributed by atoms with Crippen molar-refractivity contribution in [2.75, 3.05) is 0 Å². The van der Waals surface area contributed by atoms with Crippen LogP contribution in [-0.2, 0) is 4.79 Å². The van der Waals surface area contributed by atoms with Crippen LogP contribution in [0.3, 0.4) is 0 Å². The van der Waals surface area contributed by atoms with E-state index in [1.165, 1.54) is 0 Å². The van der Waals surface area contributed by atoms with Gasteiger partial charge in [0.1, 0.15) is 0 Å². The van der Waals surface area contributed by atoms with E-state index < -0.39 is 8.07 Å². The van der Waals surface area contributed by atoms with Gasteiger partial charge in [-0.15, -0.1) is 0 Å². The van der Waals surface area contributed by atoms with Gasteiger partial charge in [-0.1, -0.05) is 31.4 Å². The minimum Gasteiger partial charge on any atom is -0.290 e. The molecule has 0 aromatic heterocycles. The van der Waals surface area contributed by atoms with E-state index in [0.29, 0.717) is 0 Å². The fourth-order valence-corrected chi connectivity index (χ4v) is 1.25. The summed E-state index contributed by atoms with van der Waals surface area (Å²) in [5.41, 5.74) is 2.90. The van der Waals surface area contributed by atoms with Gasteiger partial charge >= 0.3 is 0 Å². The standard InChI is InChI=1S/C10H18OSi/c1-6-9(2)10(11)7-8-12(3,4)5/h6-8H,1-5H3/b8-7+,9-6-. The molecule has 0 spiro atoms. The van der Waals surface area contributed by atoms with E-state index in [1.807, 2.05) is 19.9 Å². The third kappa shape index (κ3) is 5.08. The molecule has 0 amide bonds. The number of allylic oxidation sites excluding steroid dienone is 3. The van der Waals surface area contributed by atoms with Crippen LogP contribution in [0.1, 0.15) is 13.8 Å². The van der Waals surface area contributed by atoms with Crippen molar-refractivity contribution in [2.24, 2.45) is 0 Å². The van der Waals surface area contributed by atoms with E-state index in [-0.39, 0.29) is 5.78 Å². The summed E-state index contributed by atoms with van der Waals surface area (Å²) in [5, 5.41) is 0. The molecular weight excluding hydrogens is 164 g/mol. The number of carbonyl (C=O) groups excluding carboxylic acids is 1. The second-order valence-corrected chi connectivity index (χ2v) is 9.10. The normalized spacial score (nSPS) is 13.9. The Kier molecular flexibility index (Phi) is 4.17. The van der Waals surface area contributed by atoms with Crippen molar-refractivity contribution in [2.45, 2.75) is 33.5 Å². The van der Waals surface area contributed by atoms with Crippen LogP contribution in [0.4, 0.5) is 0 Å². The van der Waals surface area contributed by atoms with Gasteiger partial charge in [-0.2, -0.15) is 0 Å². The first kappa shape index (κ1) is 11.4. The monoisotopic (exact) mass is 182 g/mol. The Morgan fingerprint density at radius 1 is 1.25 bits per heavy atom. The molecule has 1 nitrogen and oxygen atoms in total. The van der Waals surface area contributed by atoms with Gasteiger partial charge in [0.25, 0.3) is 0 Å². The number of ketones is 1. The Balaban J connectivity index is 4.29. The topological polar surface area (TPSA) is 17.1 Å². The molecular formula is C10H18OSi. The van der Waals surface area contributed by atoms with Crippen molar-refractivity contribution in [3.8, 4) is 0 Å². The van der Waals surface area contributed by atoms with Crippen LogP contribution in [-0.4, -0.2) is 13.9 Å². The average Bonchev–Trinajstić information content (AvgIpc) is 1.97. The summed E-state index contributed by atoms with van der Waals surface area (Å²) in [7, 11) is -1.21. The van der Waals surface area contributed by atoms with Gasteiger partial charge in [-0.3, -0.25) is 4.79 Å². The van der Waals surface area contributed by atoms with Gasteiger partial charge in [0.2, 0.25) is 0 Å². The molecule has 0 aliphatic rings. The molecule has 0 aromatic rings. The molecule has 0 unspecified atom stereocenters. The lowest BCUT2D eigenvalue weighted by molar-refractivity contribution is -0.111. The summed E-state index contributed by atoms with van der Waals surface area (Å²) >= 11 is 0. The first-order valence-corrected chi connectivity index (χ1v) is 7.81. The second-order valence-electron chi connectivity index (χ2n) is 4.04. The molecule has 0 bridgehead atoms. The Morgan fingerprint density at radius 3 is 2.08 bits per heavy atom. The maximum Gasteiger partial charge on any atom is 0.180 e. The highest BCUT2D eigenvalue weighted by Gasteiger charge is 2.08. The Labute approximate surface area is 76.2 Å². The van der Waals surface area contributed by atoms with Gasteiger partial charge < -0.3 is 0 Å². The van der Waals surface area contributed by atoms with Crippen LogP contribution < -0.4 is 0 Å². The molecule has 0 aliphatic heterocycles. The lowest BCUT2D eigenvalue weighted by Crippen LogP contribution is -2.16. The Hall–Kier alpha value is -0.633. The van der Waals surface area contributed by atoms with Gasteiger partial charge in [0.15, 0.2) is 5.78 Å². The molecule has 0 saturated heterocycles. The first-order valence-electron chi connectivity index (χ1n) is 4.23. The van der Waals surface area contributed by atoms with E-state index in [9.17, 15) is 4.79 Å². The van der Waals surface area contributed by atoms with E-state index in [1.54, 1.807) is 6.08 Å². The van der Waals surface area contributed by atoms with Crippen LogP contribution in [0.25, 0.3) is 0 Å². The van der Waals surface area contributed by atoms with Crippen LogP contribution in [0, 0.1) is 0 Å². The summed E-state index contributed by atoms with van der Waals surface area (Å²) in [6, 6.07) is 0. The average molecular weight is 182 g/mol. The van der Waals surface area contributed by atoms with Gasteiger partial charge in [-0.05, 0) is 25.5 Å². The highest BCUT2D eigenvalue weighted by molar-refractivity contribution is 6.81. The van der Waals surface area contributed by atoms with Gasteiger partial charge in [-0.25, -0.2) is 0 Å². The smallest absolute Gasteiger partial charge is 0.180 e. The van der Waals surface area contributed by atoms with E-state index in [4.69, 9.17) is 0 Å². The lowest BCUT2D eigenvalue weighted by Gasteiger charge is -2.07. The predicted octanol–water partition coefficient (Wildman–Crippen LogP) is 2.96. The highest BCUT2D eigenvalue weighted by atomic mass is 28.3. The molecule has 0 atom stereocenters. The minimum absolute atomic E-state index is 0.139. The highest BCUT2D eigenvalue weighted by Crippen LogP contribution is 2.03. The van der Waals surface area contributed by atoms with E-state index >= 15 is 0 Å².